The molecule has 30 heavy (non-hydrogen) atoms. The lowest BCUT2D eigenvalue weighted by Crippen LogP contribution is -2.60. The summed E-state index contributed by atoms with van der Waals surface area (Å²) in [5.41, 5.74) is -1.03. The molecule has 0 spiro atoms. The Hall–Kier alpha value is -3.48. The van der Waals surface area contributed by atoms with E-state index in [0.29, 0.717) is 11.3 Å². The average Bonchev–Trinajstić information content (AvgIpc) is 3.16. The molecule has 1 aromatic carbocycles. The van der Waals surface area contributed by atoms with Gasteiger partial charge in [-0.2, -0.15) is 18.4 Å². The zero-order chi connectivity index (χ0) is 22.1. The largest absolute Gasteiger partial charge is 0.469 e. The van der Waals surface area contributed by atoms with E-state index in [4.69, 9.17) is 9.68 Å². The Kier molecular flexibility index (Phi) is 5.73. The minimum Gasteiger partial charge on any atom is -0.469 e. The maximum Gasteiger partial charge on any atom is 0.417 e. The maximum atomic E-state index is 13.4. The highest BCUT2D eigenvalue weighted by molar-refractivity contribution is 5.96. The molecule has 1 atom stereocenters. The second kappa shape index (κ2) is 8.10. The number of hydrogen-bond acceptors (Lipinski definition) is 5. The van der Waals surface area contributed by atoms with Gasteiger partial charge < -0.3 is 19.5 Å². The Labute approximate surface area is 170 Å². The Morgan fingerprint density at radius 3 is 2.57 bits per heavy atom. The minimum absolute atomic E-state index is 0.00945. The van der Waals surface area contributed by atoms with E-state index >= 15 is 0 Å². The van der Waals surface area contributed by atoms with Crippen molar-refractivity contribution in [2.45, 2.75) is 19.1 Å². The van der Waals surface area contributed by atoms with Crippen molar-refractivity contribution in [3.05, 3.63) is 53.0 Å². The van der Waals surface area contributed by atoms with Crippen LogP contribution in [0.3, 0.4) is 0 Å². The fourth-order valence-electron chi connectivity index (χ4n) is 3.49. The number of halogens is 3. The molecule has 2 heterocycles. The summed E-state index contributed by atoms with van der Waals surface area (Å²) < 4.78 is 45.2. The molecule has 0 aliphatic carbocycles. The number of likely N-dealkylation sites (N-methyl/N-ethyl adjacent to an activating group) is 1. The Morgan fingerprint density at radius 1 is 1.27 bits per heavy atom. The molecule has 1 N–H and O–H groups in total. The van der Waals surface area contributed by atoms with Crippen LogP contribution in [0.1, 0.15) is 27.2 Å². The SMILES string of the molecule is CNC(=O)C1CN(C(=O)c2ccoc2C)CCN1c1ccc(C#N)c(C(F)(F)F)c1. The van der Waals surface area contributed by atoms with Crippen LogP contribution in [-0.4, -0.2) is 49.4 Å². The molecule has 1 unspecified atom stereocenters. The number of carbonyl (C=O) groups excluding carboxylic acids is 2. The van der Waals surface area contributed by atoms with Gasteiger partial charge in [0, 0.05) is 25.8 Å². The maximum absolute atomic E-state index is 13.4. The first kappa shape index (κ1) is 21.2. The van der Waals surface area contributed by atoms with Crippen LogP contribution in [0, 0.1) is 18.3 Å². The topological polar surface area (TPSA) is 89.6 Å². The molecule has 0 saturated carbocycles. The van der Waals surface area contributed by atoms with Crippen LogP contribution in [0.4, 0.5) is 18.9 Å². The van der Waals surface area contributed by atoms with Crippen LogP contribution in [0.15, 0.2) is 34.9 Å². The van der Waals surface area contributed by atoms with E-state index < -0.39 is 29.3 Å². The number of benzene rings is 1. The van der Waals surface area contributed by atoms with Crippen LogP contribution in [0.5, 0.6) is 0 Å². The summed E-state index contributed by atoms with van der Waals surface area (Å²) in [5.74, 6) is -0.305. The van der Waals surface area contributed by atoms with E-state index in [0.717, 1.165) is 12.1 Å². The zero-order valence-corrected chi connectivity index (χ0v) is 16.3. The third kappa shape index (κ3) is 3.96. The van der Waals surface area contributed by atoms with Gasteiger partial charge in [-0.25, -0.2) is 0 Å². The number of nitriles is 1. The van der Waals surface area contributed by atoms with Gasteiger partial charge in [-0.3, -0.25) is 9.59 Å². The molecule has 2 aromatic rings. The summed E-state index contributed by atoms with van der Waals surface area (Å²) >= 11 is 0. The Balaban J connectivity index is 1.93. The highest BCUT2D eigenvalue weighted by Gasteiger charge is 2.38. The lowest BCUT2D eigenvalue weighted by molar-refractivity contribution is -0.137. The molecule has 1 saturated heterocycles. The summed E-state index contributed by atoms with van der Waals surface area (Å²) in [5, 5.41) is 11.5. The quantitative estimate of drug-likeness (QED) is 0.825. The molecule has 1 aromatic heterocycles. The number of anilines is 1. The Morgan fingerprint density at radius 2 is 2.00 bits per heavy atom. The molecule has 10 heteroatoms. The number of alkyl halides is 3. The number of furan rings is 1. The first-order valence-electron chi connectivity index (χ1n) is 9.10. The summed E-state index contributed by atoms with van der Waals surface area (Å²) in [4.78, 5) is 28.3. The summed E-state index contributed by atoms with van der Waals surface area (Å²) in [7, 11) is 1.42. The minimum atomic E-state index is -4.71. The van der Waals surface area contributed by atoms with Crippen LogP contribution in [-0.2, 0) is 11.0 Å². The van der Waals surface area contributed by atoms with Crippen LogP contribution >= 0.6 is 0 Å². The van der Waals surface area contributed by atoms with Gasteiger partial charge in [0.1, 0.15) is 11.8 Å². The smallest absolute Gasteiger partial charge is 0.417 e. The molecule has 1 fully saturated rings. The van der Waals surface area contributed by atoms with Gasteiger partial charge in [0.05, 0.1) is 35.6 Å². The molecule has 7 nitrogen and oxygen atoms in total. The lowest BCUT2D eigenvalue weighted by atomic mass is 10.0. The van der Waals surface area contributed by atoms with E-state index in [9.17, 15) is 22.8 Å². The normalized spacial score (nSPS) is 16.9. The third-order valence-corrected chi connectivity index (χ3v) is 5.07. The molecule has 1 aliphatic heterocycles. The van der Waals surface area contributed by atoms with Gasteiger partial charge in [-0.15, -0.1) is 0 Å². The summed E-state index contributed by atoms with van der Waals surface area (Å²) in [6.45, 7) is 1.99. The molecular weight excluding hydrogens is 401 g/mol. The number of carbonyl (C=O) groups is 2. The monoisotopic (exact) mass is 420 g/mol. The fourth-order valence-corrected chi connectivity index (χ4v) is 3.49. The first-order chi connectivity index (χ1) is 14.2. The number of nitrogens with zero attached hydrogens (tertiary/aromatic N) is 3. The molecular formula is C20H19F3N4O3. The van der Waals surface area contributed by atoms with Gasteiger partial charge >= 0.3 is 6.18 Å². The predicted octanol–water partition coefficient (Wildman–Crippen LogP) is 2.56. The van der Waals surface area contributed by atoms with Crippen molar-refractivity contribution in [1.29, 1.82) is 5.26 Å². The van der Waals surface area contributed by atoms with Gasteiger partial charge in [-0.05, 0) is 31.2 Å². The predicted molar refractivity (Wildman–Crippen MR) is 101 cm³/mol. The molecule has 158 valence electrons. The van der Waals surface area contributed by atoms with Gasteiger partial charge in [0.25, 0.3) is 5.91 Å². The second-order valence-electron chi connectivity index (χ2n) is 6.80. The highest BCUT2D eigenvalue weighted by Crippen LogP contribution is 2.35. The number of aryl methyl sites for hydroxylation is 1. The van der Waals surface area contributed by atoms with E-state index in [1.54, 1.807) is 13.0 Å². The van der Waals surface area contributed by atoms with Gasteiger partial charge in [0.2, 0.25) is 5.91 Å². The first-order valence-corrected chi connectivity index (χ1v) is 9.10. The number of nitrogens with one attached hydrogen (secondary N) is 1. The second-order valence-corrected chi connectivity index (χ2v) is 6.80. The van der Waals surface area contributed by atoms with Gasteiger partial charge in [0.15, 0.2) is 0 Å². The van der Waals surface area contributed by atoms with Crippen molar-refractivity contribution in [2.24, 2.45) is 0 Å². The van der Waals surface area contributed by atoms with E-state index in [-0.39, 0.29) is 31.2 Å². The van der Waals surface area contributed by atoms with Crippen molar-refractivity contribution in [3.63, 3.8) is 0 Å². The van der Waals surface area contributed by atoms with E-state index in [1.165, 1.54) is 35.2 Å². The van der Waals surface area contributed by atoms with Crippen LogP contribution in [0.25, 0.3) is 0 Å². The average molecular weight is 420 g/mol. The van der Waals surface area contributed by atoms with Crippen molar-refractivity contribution < 1.29 is 27.2 Å². The number of rotatable bonds is 3. The third-order valence-electron chi connectivity index (χ3n) is 5.07. The molecule has 0 radical (unpaired) electrons. The molecule has 2 amide bonds. The van der Waals surface area contributed by atoms with Crippen molar-refractivity contribution in [1.82, 2.24) is 10.2 Å². The van der Waals surface area contributed by atoms with Crippen molar-refractivity contribution in [3.8, 4) is 6.07 Å². The Bertz CT molecular complexity index is 1010. The van der Waals surface area contributed by atoms with Crippen LogP contribution in [0.2, 0.25) is 0 Å². The summed E-state index contributed by atoms with van der Waals surface area (Å²) in [6, 6.07) is 5.52. The van der Waals surface area contributed by atoms with E-state index in [2.05, 4.69) is 5.32 Å². The standard InChI is InChI=1S/C20H19F3N4O3/c1-12-15(5-8-30-12)19(29)26-6-7-27(17(11-26)18(28)25-2)14-4-3-13(10-24)16(9-14)20(21,22)23/h3-5,8-9,17H,6-7,11H2,1-2H3,(H,25,28). The lowest BCUT2D eigenvalue weighted by Gasteiger charge is -2.41. The highest BCUT2D eigenvalue weighted by atomic mass is 19.4. The number of amides is 2. The molecule has 1 aliphatic rings. The van der Waals surface area contributed by atoms with E-state index in [1.807, 2.05) is 0 Å². The van der Waals surface area contributed by atoms with Crippen LogP contribution < -0.4 is 10.2 Å². The summed E-state index contributed by atoms with van der Waals surface area (Å²) in [6.07, 6.45) is -3.31. The molecule has 0 bridgehead atoms. The number of piperazine rings is 1. The molecule has 3 rings (SSSR count). The zero-order valence-electron chi connectivity index (χ0n) is 16.3. The number of hydrogen-bond donors (Lipinski definition) is 1. The van der Waals surface area contributed by atoms with Crippen molar-refractivity contribution in [2.75, 3.05) is 31.6 Å². The van der Waals surface area contributed by atoms with Crippen molar-refractivity contribution >= 4 is 17.5 Å². The van der Waals surface area contributed by atoms with Gasteiger partial charge in [-0.1, -0.05) is 0 Å². The fraction of sp³-hybridized carbons (Fsp3) is 0.350.